The average Bonchev–Trinajstić information content (AvgIpc) is 2.27. The minimum atomic E-state index is -4.25. The van der Waals surface area contributed by atoms with E-state index in [-0.39, 0.29) is 6.61 Å². The summed E-state index contributed by atoms with van der Waals surface area (Å²) >= 11 is 0. The third-order valence-electron chi connectivity index (χ3n) is 2.40. The molecule has 6 heteroatoms. The van der Waals surface area contributed by atoms with E-state index in [9.17, 15) is 13.2 Å². The van der Waals surface area contributed by atoms with Crippen LogP contribution in [0, 0.1) is 0 Å². The van der Waals surface area contributed by atoms with Crippen LogP contribution in [-0.2, 0) is 4.74 Å². The second-order valence-electron chi connectivity index (χ2n) is 4.00. The van der Waals surface area contributed by atoms with E-state index >= 15 is 0 Å². The number of halogens is 3. The molecule has 0 aromatic heterocycles. The van der Waals surface area contributed by atoms with Crippen molar-refractivity contribution in [2.45, 2.75) is 12.6 Å². The van der Waals surface area contributed by atoms with Crippen molar-refractivity contribution in [2.24, 2.45) is 0 Å². The Balaban J connectivity index is 2.26. The largest absolute Gasteiger partial charge is 0.411 e. The van der Waals surface area contributed by atoms with E-state index in [0.717, 1.165) is 5.69 Å². The first-order valence-electron chi connectivity index (χ1n) is 5.60. The molecule has 0 atom stereocenters. The van der Waals surface area contributed by atoms with Crippen LogP contribution in [0.4, 0.5) is 24.5 Å². The van der Waals surface area contributed by atoms with Crippen LogP contribution >= 0.6 is 0 Å². The van der Waals surface area contributed by atoms with Crippen LogP contribution in [-0.4, -0.2) is 33.0 Å². The van der Waals surface area contributed by atoms with Crippen molar-refractivity contribution < 1.29 is 17.9 Å². The van der Waals surface area contributed by atoms with Gasteiger partial charge in [-0.3, -0.25) is 0 Å². The Morgan fingerprint density at radius 2 is 1.94 bits per heavy atom. The molecule has 0 aliphatic rings. The number of nitrogens with zero attached hydrogens (tertiary/aromatic N) is 1. The van der Waals surface area contributed by atoms with Gasteiger partial charge in [-0.15, -0.1) is 0 Å². The van der Waals surface area contributed by atoms with Gasteiger partial charge in [0.05, 0.1) is 11.4 Å². The Kier molecular flexibility index (Phi) is 5.27. The first kappa shape index (κ1) is 14.6. The maximum atomic E-state index is 11.8. The van der Waals surface area contributed by atoms with Crippen molar-refractivity contribution in [2.75, 3.05) is 37.4 Å². The normalized spacial score (nSPS) is 11.6. The van der Waals surface area contributed by atoms with Gasteiger partial charge in [0.15, 0.2) is 0 Å². The van der Waals surface area contributed by atoms with Gasteiger partial charge in [0.1, 0.15) is 6.61 Å². The predicted molar refractivity (Wildman–Crippen MR) is 65.6 cm³/mol. The van der Waals surface area contributed by atoms with E-state index in [1.54, 1.807) is 6.07 Å². The molecule has 3 nitrogen and oxygen atoms in total. The van der Waals surface area contributed by atoms with Crippen molar-refractivity contribution in [3.05, 3.63) is 24.3 Å². The highest BCUT2D eigenvalue weighted by atomic mass is 19.4. The summed E-state index contributed by atoms with van der Waals surface area (Å²) in [6.07, 6.45) is -3.74. The fourth-order valence-electron chi connectivity index (χ4n) is 1.55. The first-order chi connectivity index (χ1) is 8.40. The zero-order valence-electron chi connectivity index (χ0n) is 10.2. The molecule has 0 fully saturated rings. The minimum Gasteiger partial charge on any atom is -0.397 e. The molecule has 0 aliphatic carbocycles. The van der Waals surface area contributed by atoms with Gasteiger partial charge in [-0.1, -0.05) is 12.1 Å². The minimum absolute atomic E-state index is 0.0799. The SMILES string of the molecule is CN(CCCOCC(F)(F)F)c1ccccc1N. The molecule has 0 bridgehead atoms. The van der Waals surface area contributed by atoms with Gasteiger partial charge in [-0.2, -0.15) is 13.2 Å². The van der Waals surface area contributed by atoms with Gasteiger partial charge < -0.3 is 15.4 Å². The van der Waals surface area contributed by atoms with E-state index in [4.69, 9.17) is 5.73 Å². The van der Waals surface area contributed by atoms with Gasteiger partial charge in [-0.25, -0.2) is 0 Å². The van der Waals surface area contributed by atoms with Crippen LogP contribution in [0.3, 0.4) is 0 Å². The summed E-state index contributed by atoms with van der Waals surface area (Å²) in [7, 11) is 1.84. The van der Waals surface area contributed by atoms with Crippen molar-refractivity contribution in [3.63, 3.8) is 0 Å². The van der Waals surface area contributed by atoms with Crippen LogP contribution in [0.15, 0.2) is 24.3 Å². The standard InChI is InChI=1S/C12H17F3N2O/c1-17(11-6-3-2-5-10(11)16)7-4-8-18-9-12(13,14)15/h2-3,5-6H,4,7-9,16H2,1H3. The van der Waals surface area contributed by atoms with E-state index in [1.165, 1.54) is 0 Å². The Labute approximate surface area is 104 Å². The molecule has 0 saturated heterocycles. The zero-order valence-corrected chi connectivity index (χ0v) is 10.2. The van der Waals surface area contributed by atoms with Crippen molar-refractivity contribution in [1.82, 2.24) is 0 Å². The second-order valence-corrected chi connectivity index (χ2v) is 4.00. The van der Waals surface area contributed by atoms with Crippen LogP contribution in [0.5, 0.6) is 0 Å². The molecule has 0 heterocycles. The lowest BCUT2D eigenvalue weighted by molar-refractivity contribution is -0.173. The van der Waals surface area contributed by atoms with Crippen molar-refractivity contribution in [3.8, 4) is 0 Å². The molecule has 0 amide bonds. The summed E-state index contributed by atoms with van der Waals surface area (Å²) < 4.78 is 40.0. The number of nitrogens with two attached hydrogens (primary N) is 1. The maximum Gasteiger partial charge on any atom is 0.411 e. The number of alkyl halides is 3. The highest BCUT2D eigenvalue weighted by Crippen LogP contribution is 2.21. The lowest BCUT2D eigenvalue weighted by Crippen LogP contribution is -2.22. The lowest BCUT2D eigenvalue weighted by atomic mass is 10.2. The molecule has 0 radical (unpaired) electrons. The third kappa shape index (κ3) is 5.27. The molecule has 102 valence electrons. The topological polar surface area (TPSA) is 38.5 Å². The Morgan fingerprint density at radius 3 is 2.56 bits per heavy atom. The molecule has 0 spiro atoms. The van der Waals surface area contributed by atoms with Crippen LogP contribution in [0.2, 0.25) is 0 Å². The summed E-state index contributed by atoms with van der Waals surface area (Å²) in [4.78, 5) is 1.90. The van der Waals surface area contributed by atoms with Crippen LogP contribution in [0.1, 0.15) is 6.42 Å². The van der Waals surface area contributed by atoms with E-state index in [1.807, 2.05) is 30.1 Å². The molecule has 1 rings (SSSR count). The number of benzene rings is 1. The fraction of sp³-hybridized carbons (Fsp3) is 0.500. The van der Waals surface area contributed by atoms with Crippen LogP contribution in [0.25, 0.3) is 0 Å². The summed E-state index contributed by atoms with van der Waals surface area (Å²) in [5.41, 5.74) is 7.31. The number of anilines is 2. The van der Waals surface area contributed by atoms with Crippen LogP contribution < -0.4 is 10.6 Å². The molecule has 0 saturated carbocycles. The molecular formula is C12H17F3N2O. The quantitative estimate of drug-likeness (QED) is 0.632. The summed E-state index contributed by atoms with van der Waals surface area (Å²) in [6, 6.07) is 7.35. The Morgan fingerprint density at radius 1 is 1.28 bits per heavy atom. The number of rotatable bonds is 6. The third-order valence-corrected chi connectivity index (χ3v) is 2.40. The second kappa shape index (κ2) is 6.49. The number of hydrogen-bond acceptors (Lipinski definition) is 3. The smallest absolute Gasteiger partial charge is 0.397 e. The van der Waals surface area contributed by atoms with Gasteiger partial charge in [-0.05, 0) is 18.6 Å². The zero-order chi connectivity index (χ0) is 13.6. The summed E-state index contributed by atoms with van der Waals surface area (Å²) in [6.45, 7) is -0.521. The van der Waals surface area contributed by atoms with E-state index in [2.05, 4.69) is 4.74 Å². The molecule has 0 aliphatic heterocycles. The molecule has 2 N–H and O–H groups in total. The van der Waals surface area contributed by atoms with Gasteiger partial charge in [0.25, 0.3) is 0 Å². The first-order valence-corrected chi connectivity index (χ1v) is 5.60. The highest BCUT2D eigenvalue weighted by Gasteiger charge is 2.27. The monoisotopic (exact) mass is 262 g/mol. The van der Waals surface area contributed by atoms with Crippen molar-refractivity contribution in [1.29, 1.82) is 0 Å². The average molecular weight is 262 g/mol. The predicted octanol–water partition coefficient (Wildman–Crippen LogP) is 2.67. The van der Waals surface area contributed by atoms with Gasteiger partial charge >= 0.3 is 6.18 Å². The molecule has 0 unspecified atom stereocenters. The highest BCUT2D eigenvalue weighted by molar-refractivity contribution is 5.66. The van der Waals surface area contributed by atoms with Gasteiger partial charge in [0, 0.05) is 20.2 Å². The maximum absolute atomic E-state index is 11.8. The fourth-order valence-corrected chi connectivity index (χ4v) is 1.55. The number of para-hydroxylation sites is 2. The number of ether oxygens (including phenoxy) is 1. The van der Waals surface area contributed by atoms with E-state index in [0.29, 0.717) is 18.7 Å². The molecular weight excluding hydrogens is 245 g/mol. The Bertz CT molecular complexity index is 369. The van der Waals surface area contributed by atoms with Crippen molar-refractivity contribution >= 4 is 11.4 Å². The Hall–Kier alpha value is -1.43. The summed E-state index contributed by atoms with van der Waals surface area (Å²) in [5, 5.41) is 0. The van der Waals surface area contributed by atoms with E-state index < -0.39 is 12.8 Å². The number of hydrogen-bond donors (Lipinski definition) is 1. The molecule has 1 aromatic carbocycles. The lowest BCUT2D eigenvalue weighted by Gasteiger charge is -2.20. The van der Waals surface area contributed by atoms with Gasteiger partial charge in [0.2, 0.25) is 0 Å². The summed E-state index contributed by atoms with van der Waals surface area (Å²) in [5.74, 6) is 0. The molecule has 1 aromatic rings. The molecule has 18 heavy (non-hydrogen) atoms. The number of nitrogen functional groups attached to an aromatic ring is 1.